The van der Waals surface area contributed by atoms with Crippen molar-refractivity contribution in [1.82, 2.24) is 9.71 Å². The van der Waals surface area contributed by atoms with Crippen molar-refractivity contribution in [3.05, 3.63) is 70.3 Å². The van der Waals surface area contributed by atoms with Crippen molar-refractivity contribution >= 4 is 42.8 Å². The van der Waals surface area contributed by atoms with Crippen molar-refractivity contribution in [2.45, 2.75) is 11.4 Å². The van der Waals surface area contributed by atoms with Crippen LogP contribution < -0.4 is 4.72 Å². The molecular formula is C18H15BrN2O4S. The van der Waals surface area contributed by atoms with Crippen LogP contribution in [0.4, 0.5) is 0 Å². The first-order chi connectivity index (χ1) is 12.4. The molecule has 26 heavy (non-hydrogen) atoms. The molecule has 134 valence electrons. The predicted molar refractivity (Wildman–Crippen MR) is 101 cm³/mol. The number of halogens is 1. The highest BCUT2D eigenvalue weighted by molar-refractivity contribution is 9.10. The number of rotatable bonds is 5. The summed E-state index contributed by atoms with van der Waals surface area (Å²) in [6, 6.07) is 13.5. The Labute approximate surface area is 159 Å². The Bertz CT molecular complexity index is 1080. The summed E-state index contributed by atoms with van der Waals surface area (Å²) in [5, 5.41) is 0.931. The summed E-state index contributed by atoms with van der Waals surface area (Å²) in [6.45, 7) is 0.0836. The fourth-order valence-electron chi connectivity index (χ4n) is 2.50. The molecule has 0 radical (unpaired) electrons. The van der Waals surface area contributed by atoms with E-state index < -0.39 is 16.0 Å². The summed E-state index contributed by atoms with van der Waals surface area (Å²) in [4.78, 5) is 16.1. The number of sulfonamides is 1. The molecule has 0 bridgehead atoms. The van der Waals surface area contributed by atoms with Crippen LogP contribution in [0.5, 0.6) is 0 Å². The lowest BCUT2D eigenvalue weighted by Gasteiger charge is -2.10. The minimum atomic E-state index is -3.81. The molecule has 8 heteroatoms. The summed E-state index contributed by atoms with van der Waals surface area (Å²) in [7, 11) is -2.58. The van der Waals surface area contributed by atoms with E-state index in [1.165, 1.54) is 25.3 Å². The van der Waals surface area contributed by atoms with Crippen molar-refractivity contribution in [2.75, 3.05) is 7.11 Å². The summed E-state index contributed by atoms with van der Waals surface area (Å²) >= 11 is 3.22. The van der Waals surface area contributed by atoms with E-state index in [9.17, 15) is 13.2 Å². The van der Waals surface area contributed by atoms with E-state index in [0.717, 1.165) is 16.5 Å². The molecule has 0 aliphatic carbocycles. The van der Waals surface area contributed by atoms with Crippen LogP contribution in [0.1, 0.15) is 15.9 Å². The maximum atomic E-state index is 12.6. The average Bonchev–Trinajstić information content (AvgIpc) is 2.66. The molecule has 0 aliphatic rings. The Kier molecular flexibility index (Phi) is 5.36. The van der Waals surface area contributed by atoms with Gasteiger partial charge in [0.1, 0.15) is 0 Å². The largest absolute Gasteiger partial charge is 0.465 e. The Morgan fingerprint density at radius 3 is 2.73 bits per heavy atom. The first kappa shape index (κ1) is 18.5. The minimum absolute atomic E-state index is 0.0192. The van der Waals surface area contributed by atoms with Gasteiger partial charge in [-0.1, -0.05) is 24.3 Å². The zero-order valence-electron chi connectivity index (χ0n) is 13.8. The van der Waals surface area contributed by atoms with E-state index in [0.29, 0.717) is 4.47 Å². The lowest BCUT2D eigenvalue weighted by atomic mass is 10.1. The van der Waals surface area contributed by atoms with Gasteiger partial charge in [0.2, 0.25) is 10.0 Å². The van der Waals surface area contributed by atoms with E-state index in [4.69, 9.17) is 0 Å². The molecule has 1 heterocycles. The van der Waals surface area contributed by atoms with Crippen molar-refractivity contribution in [2.24, 2.45) is 0 Å². The van der Waals surface area contributed by atoms with Crippen LogP contribution in [0.2, 0.25) is 0 Å². The Morgan fingerprint density at radius 1 is 1.19 bits per heavy atom. The van der Waals surface area contributed by atoms with Gasteiger partial charge in [-0.2, -0.15) is 0 Å². The number of hydrogen-bond donors (Lipinski definition) is 1. The second kappa shape index (κ2) is 7.53. The molecule has 0 saturated carbocycles. The smallest absolute Gasteiger partial charge is 0.339 e. The zero-order valence-corrected chi connectivity index (χ0v) is 16.2. The molecule has 1 N–H and O–H groups in total. The van der Waals surface area contributed by atoms with Gasteiger partial charge in [0.15, 0.2) is 0 Å². The standard InChI is InChI=1S/C18H15BrN2O4S/c1-25-18(22)15-10-14(7-8-16(15)19)26(23,24)21-11-13-5-2-4-12-6-3-9-20-17(12)13/h2-10,21H,11H2,1H3. The summed E-state index contributed by atoms with van der Waals surface area (Å²) in [6.07, 6.45) is 1.66. The number of nitrogens with zero attached hydrogens (tertiary/aromatic N) is 1. The number of esters is 1. The van der Waals surface area contributed by atoms with Crippen LogP contribution in [0, 0.1) is 0 Å². The van der Waals surface area contributed by atoms with Crippen molar-refractivity contribution < 1.29 is 17.9 Å². The monoisotopic (exact) mass is 434 g/mol. The highest BCUT2D eigenvalue weighted by atomic mass is 79.9. The number of methoxy groups -OCH3 is 1. The Balaban J connectivity index is 1.89. The number of hydrogen-bond acceptors (Lipinski definition) is 5. The molecule has 0 atom stereocenters. The second-order valence-electron chi connectivity index (χ2n) is 5.45. The van der Waals surface area contributed by atoms with Gasteiger partial charge in [-0.15, -0.1) is 0 Å². The quantitative estimate of drug-likeness (QED) is 0.622. The third kappa shape index (κ3) is 3.77. The maximum absolute atomic E-state index is 12.6. The molecule has 0 aliphatic heterocycles. The van der Waals surface area contributed by atoms with Gasteiger partial charge in [0.25, 0.3) is 0 Å². The number of nitrogens with one attached hydrogen (secondary N) is 1. The number of carbonyl (C=O) groups is 1. The fourth-order valence-corrected chi connectivity index (χ4v) is 3.94. The summed E-state index contributed by atoms with van der Waals surface area (Å²) in [5.74, 6) is -0.618. The Hall–Kier alpha value is -2.29. The van der Waals surface area contributed by atoms with Crippen LogP contribution in [0.25, 0.3) is 10.9 Å². The number of pyridine rings is 1. The van der Waals surface area contributed by atoms with Gasteiger partial charge >= 0.3 is 5.97 Å². The summed E-state index contributed by atoms with van der Waals surface area (Å²) < 4.78 is 32.9. The van der Waals surface area contributed by atoms with Crippen molar-refractivity contribution in [3.8, 4) is 0 Å². The first-order valence-corrected chi connectivity index (χ1v) is 9.90. The highest BCUT2D eigenvalue weighted by Gasteiger charge is 2.19. The molecule has 0 spiro atoms. The molecular weight excluding hydrogens is 420 g/mol. The van der Waals surface area contributed by atoms with Gasteiger partial charge in [-0.05, 0) is 45.8 Å². The summed E-state index contributed by atoms with van der Waals surface area (Å²) in [5.41, 5.74) is 1.64. The van der Waals surface area contributed by atoms with Gasteiger partial charge in [0, 0.05) is 22.6 Å². The second-order valence-corrected chi connectivity index (χ2v) is 8.07. The van der Waals surface area contributed by atoms with Gasteiger partial charge in [0.05, 0.1) is 23.1 Å². The third-order valence-electron chi connectivity index (χ3n) is 3.82. The molecule has 2 aromatic carbocycles. The number of carbonyl (C=O) groups excluding carboxylic acids is 1. The molecule has 6 nitrogen and oxygen atoms in total. The number of aromatic nitrogens is 1. The van der Waals surface area contributed by atoms with Crippen LogP contribution in [-0.4, -0.2) is 26.5 Å². The SMILES string of the molecule is COC(=O)c1cc(S(=O)(=O)NCc2cccc3cccnc23)ccc1Br. The van der Waals surface area contributed by atoms with Crippen LogP contribution in [0.15, 0.2) is 64.1 Å². The Morgan fingerprint density at radius 2 is 1.96 bits per heavy atom. The fraction of sp³-hybridized carbons (Fsp3) is 0.111. The van der Waals surface area contributed by atoms with E-state index in [1.807, 2.05) is 30.3 Å². The van der Waals surface area contributed by atoms with Crippen LogP contribution >= 0.6 is 15.9 Å². The van der Waals surface area contributed by atoms with Crippen molar-refractivity contribution in [1.29, 1.82) is 0 Å². The number of para-hydroxylation sites is 1. The van der Waals surface area contributed by atoms with Crippen LogP contribution in [0.3, 0.4) is 0 Å². The van der Waals surface area contributed by atoms with Crippen molar-refractivity contribution in [3.63, 3.8) is 0 Å². The molecule has 0 saturated heterocycles. The molecule has 0 unspecified atom stereocenters. The third-order valence-corrected chi connectivity index (χ3v) is 5.91. The van der Waals surface area contributed by atoms with Crippen LogP contribution in [-0.2, 0) is 21.3 Å². The van der Waals surface area contributed by atoms with Gasteiger partial charge in [-0.25, -0.2) is 17.9 Å². The molecule has 0 amide bonds. The lowest BCUT2D eigenvalue weighted by Crippen LogP contribution is -2.23. The average molecular weight is 435 g/mol. The van der Waals surface area contributed by atoms with Gasteiger partial charge in [-0.3, -0.25) is 4.98 Å². The van der Waals surface area contributed by atoms with E-state index in [1.54, 1.807) is 6.20 Å². The topological polar surface area (TPSA) is 85.4 Å². The lowest BCUT2D eigenvalue weighted by molar-refractivity contribution is 0.0599. The zero-order chi connectivity index (χ0) is 18.7. The van der Waals surface area contributed by atoms with E-state index in [2.05, 4.69) is 30.4 Å². The number of benzene rings is 2. The predicted octanol–water partition coefficient (Wildman–Crippen LogP) is 3.26. The van der Waals surface area contributed by atoms with Gasteiger partial charge < -0.3 is 4.74 Å². The minimum Gasteiger partial charge on any atom is -0.465 e. The molecule has 1 aromatic heterocycles. The number of fused-ring (bicyclic) bond motifs is 1. The van der Waals surface area contributed by atoms with E-state index >= 15 is 0 Å². The molecule has 0 fully saturated rings. The number of ether oxygens (including phenoxy) is 1. The molecule has 3 aromatic rings. The maximum Gasteiger partial charge on any atom is 0.339 e. The van der Waals surface area contributed by atoms with E-state index in [-0.39, 0.29) is 17.0 Å². The highest BCUT2D eigenvalue weighted by Crippen LogP contribution is 2.22. The normalized spacial score (nSPS) is 11.5. The first-order valence-electron chi connectivity index (χ1n) is 7.62. The molecule has 3 rings (SSSR count).